The Labute approximate surface area is 121 Å². The Morgan fingerprint density at radius 1 is 1.52 bits per heavy atom. The second-order valence-corrected chi connectivity index (χ2v) is 6.84. The van der Waals surface area contributed by atoms with Gasteiger partial charge in [0.2, 0.25) is 10.0 Å². The van der Waals surface area contributed by atoms with E-state index in [0.717, 1.165) is 29.7 Å². The van der Waals surface area contributed by atoms with Crippen molar-refractivity contribution in [2.24, 2.45) is 11.1 Å². The first kappa shape index (κ1) is 15.9. The molecule has 1 heterocycles. The summed E-state index contributed by atoms with van der Waals surface area (Å²) in [6.45, 7) is -0.225. The number of nitrogens with zero attached hydrogens (tertiary/aromatic N) is 2. The lowest BCUT2D eigenvalue weighted by Crippen LogP contribution is -2.30. The highest BCUT2D eigenvalue weighted by Crippen LogP contribution is 2.29. The van der Waals surface area contributed by atoms with Crippen LogP contribution in [0.15, 0.2) is 17.2 Å². The molecule has 0 aromatic carbocycles. The number of hydrogen-bond acceptors (Lipinski definition) is 3. The highest BCUT2D eigenvalue weighted by atomic mass is 32.2. The lowest BCUT2D eigenvalue weighted by Gasteiger charge is -2.18. The number of primary sulfonamides is 1. The Morgan fingerprint density at radius 2 is 2.14 bits per heavy atom. The minimum atomic E-state index is -4.05. The number of rotatable bonds is 6. The van der Waals surface area contributed by atoms with E-state index in [1.165, 1.54) is 4.90 Å². The van der Waals surface area contributed by atoms with Gasteiger partial charge < -0.3 is 9.47 Å². The molecular formula is C12H17F2N3O3S. The summed E-state index contributed by atoms with van der Waals surface area (Å²) >= 11 is 0. The van der Waals surface area contributed by atoms with E-state index in [1.807, 2.05) is 0 Å². The number of carbonyl (C=O) groups is 1. The molecule has 0 saturated heterocycles. The SMILES string of the molecule is CN(CC1CC1)C(=O)c1cc(S(N)(=O)=O)cn1CC(F)F. The van der Waals surface area contributed by atoms with Crippen LogP contribution < -0.4 is 5.14 Å². The van der Waals surface area contributed by atoms with Crippen LogP contribution in [0.1, 0.15) is 23.3 Å². The Hall–Kier alpha value is -1.48. The van der Waals surface area contributed by atoms with E-state index in [1.54, 1.807) is 7.05 Å². The maximum Gasteiger partial charge on any atom is 0.270 e. The lowest BCUT2D eigenvalue weighted by atomic mass is 10.3. The lowest BCUT2D eigenvalue weighted by molar-refractivity contribution is 0.0767. The molecule has 2 rings (SSSR count). The van der Waals surface area contributed by atoms with Gasteiger partial charge in [-0.1, -0.05) is 0 Å². The summed E-state index contributed by atoms with van der Waals surface area (Å²) in [5.41, 5.74) is -0.0949. The van der Waals surface area contributed by atoms with E-state index < -0.39 is 28.9 Å². The van der Waals surface area contributed by atoms with Crippen molar-refractivity contribution in [3.05, 3.63) is 18.0 Å². The Bertz CT molecular complexity index is 638. The van der Waals surface area contributed by atoms with Crippen LogP contribution in [-0.2, 0) is 16.6 Å². The predicted octanol–water partition coefficient (Wildman–Crippen LogP) is 0.883. The topological polar surface area (TPSA) is 85.4 Å². The van der Waals surface area contributed by atoms with E-state index >= 15 is 0 Å². The van der Waals surface area contributed by atoms with E-state index in [9.17, 15) is 22.0 Å². The largest absolute Gasteiger partial charge is 0.340 e. The van der Waals surface area contributed by atoms with Gasteiger partial charge in [0.15, 0.2) is 0 Å². The molecule has 0 aliphatic heterocycles. The number of aromatic nitrogens is 1. The minimum absolute atomic E-state index is 0.0949. The van der Waals surface area contributed by atoms with Crippen molar-refractivity contribution in [2.45, 2.75) is 30.7 Å². The number of alkyl halides is 2. The van der Waals surface area contributed by atoms with Crippen LogP contribution in [0.25, 0.3) is 0 Å². The third-order valence-corrected chi connectivity index (χ3v) is 4.21. The predicted molar refractivity (Wildman–Crippen MR) is 71.5 cm³/mol. The number of sulfonamides is 1. The monoisotopic (exact) mass is 321 g/mol. The van der Waals surface area contributed by atoms with Crippen molar-refractivity contribution < 1.29 is 22.0 Å². The van der Waals surface area contributed by atoms with Crippen molar-refractivity contribution in [2.75, 3.05) is 13.6 Å². The van der Waals surface area contributed by atoms with Crippen LogP contribution in [0, 0.1) is 5.92 Å². The standard InChI is InChI=1S/C12H17F2N3O3S/c1-16(5-8-2-3-8)12(18)10-4-9(21(15,19)20)6-17(10)7-11(13)14/h4,6,8,11H,2-3,5,7H2,1H3,(H2,15,19,20). The zero-order valence-electron chi connectivity index (χ0n) is 11.5. The fourth-order valence-electron chi connectivity index (χ4n) is 2.08. The Kier molecular flexibility index (Phi) is 4.33. The maximum absolute atomic E-state index is 12.6. The molecule has 1 fully saturated rings. The molecule has 118 valence electrons. The van der Waals surface area contributed by atoms with Crippen molar-refractivity contribution in [1.82, 2.24) is 9.47 Å². The number of halogens is 2. The van der Waals surface area contributed by atoms with E-state index in [4.69, 9.17) is 5.14 Å². The summed E-state index contributed by atoms with van der Waals surface area (Å²) in [7, 11) is -2.48. The summed E-state index contributed by atoms with van der Waals surface area (Å²) < 4.78 is 48.7. The van der Waals surface area contributed by atoms with Gasteiger partial charge in [0.05, 0.1) is 6.54 Å². The summed E-state index contributed by atoms with van der Waals surface area (Å²) in [6.07, 6.45) is 0.349. The molecule has 0 radical (unpaired) electrons. The van der Waals surface area contributed by atoms with Gasteiger partial charge in [-0.2, -0.15) is 0 Å². The third kappa shape index (κ3) is 4.01. The van der Waals surface area contributed by atoms with Crippen LogP contribution in [-0.4, -0.2) is 43.8 Å². The minimum Gasteiger partial charge on any atom is -0.340 e. The van der Waals surface area contributed by atoms with E-state index in [0.29, 0.717) is 12.5 Å². The molecule has 1 aliphatic rings. The first-order valence-electron chi connectivity index (χ1n) is 6.45. The third-order valence-electron chi connectivity index (χ3n) is 3.33. The van der Waals surface area contributed by atoms with E-state index in [2.05, 4.69) is 0 Å². The van der Waals surface area contributed by atoms with Crippen molar-refractivity contribution in [3.8, 4) is 0 Å². The van der Waals surface area contributed by atoms with Crippen molar-refractivity contribution in [1.29, 1.82) is 0 Å². The zero-order chi connectivity index (χ0) is 15.8. The molecule has 2 N–H and O–H groups in total. The first-order chi connectivity index (χ1) is 9.68. The smallest absolute Gasteiger partial charge is 0.270 e. The molecule has 0 bridgehead atoms. The molecule has 1 amide bonds. The number of carbonyl (C=O) groups excluding carboxylic acids is 1. The number of nitrogens with two attached hydrogens (primary N) is 1. The van der Waals surface area contributed by atoms with Crippen LogP contribution in [0.2, 0.25) is 0 Å². The summed E-state index contributed by atoms with van der Waals surface area (Å²) in [5.74, 6) is -0.0485. The quantitative estimate of drug-likeness (QED) is 0.844. The van der Waals surface area contributed by atoms with Gasteiger partial charge in [0.25, 0.3) is 12.3 Å². The second-order valence-electron chi connectivity index (χ2n) is 5.28. The fraction of sp³-hybridized carbons (Fsp3) is 0.583. The van der Waals surface area contributed by atoms with Crippen molar-refractivity contribution in [3.63, 3.8) is 0 Å². The van der Waals surface area contributed by atoms with Gasteiger partial charge in [0.1, 0.15) is 10.6 Å². The summed E-state index contributed by atoms with van der Waals surface area (Å²) in [5, 5.41) is 4.98. The van der Waals surface area contributed by atoms with Gasteiger partial charge in [-0.25, -0.2) is 22.3 Å². The Morgan fingerprint density at radius 3 is 2.62 bits per heavy atom. The molecule has 0 unspecified atom stereocenters. The molecule has 1 saturated carbocycles. The molecule has 1 aromatic rings. The highest BCUT2D eigenvalue weighted by molar-refractivity contribution is 7.89. The molecule has 1 aromatic heterocycles. The molecule has 0 spiro atoms. The second kappa shape index (κ2) is 5.72. The van der Waals surface area contributed by atoms with Gasteiger partial charge >= 0.3 is 0 Å². The first-order valence-corrected chi connectivity index (χ1v) is 7.99. The van der Waals surface area contributed by atoms with Crippen LogP contribution in [0.5, 0.6) is 0 Å². The fourth-order valence-corrected chi connectivity index (χ4v) is 2.63. The Balaban J connectivity index is 2.30. The van der Waals surface area contributed by atoms with Crippen molar-refractivity contribution >= 4 is 15.9 Å². The average Bonchev–Trinajstić information content (AvgIpc) is 3.04. The van der Waals surface area contributed by atoms with Gasteiger partial charge in [-0.3, -0.25) is 4.79 Å². The van der Waals surface area contributed by atoms with Gasteiger partial charge in [-0.15, -0.1) is 0 Å². The maximum atomic E-state index is 12.6. The molecular weight excluding hydrogens is 304 g/mol. The summed E-state index contributed by atoms with van der Waals surface area (Å²) in [6, 6.07) is 1.05. The normalized spacial score (nSPS) is 15.5. The summed E-state index contributed by atoms with van der Waals surface area (Å²) in [4.78, 5) is 13.4. The molecule has 21 heavy (non-hydrogen) atoms. The van der Waals surface area contributed by atoms with Gasteiger partial charge in [-0.05, 0) is 24.8 Å². The average molecular weight is 321 g/mol. The molecule has 6 nitrogen and oxygen atoms in total. The highest BCUT2D eigenvalue weighted by Gasteiger charge is 2.28. The molecule has 9 heteroatoms. The van der Waals surface area contributed by atoms with Gasteiger partial charge in [0, 0.05) is 19.8 Å². The number of amides is 1. The van der Waals surface area contributed by atoms with Crippen LogP contribution >= 0.6 is 0 Å². The molecule has 1 aliphatic carbocycles. The van der Waals surface area contributed by atoms with Crippen LogP contribution in [0.3, 0.4) is 0 Å². The molecule has 0 atom stereocenters. The van der Waals surface area contributed by atoms with E-state index in [-0.39, 0.29) is 10.6 Å². The zero-order valence-corrected chi connectivity index (χ0v) is 12.3. The van der Waals surface area contributed by atoms with Crippen LogP contribution in [0.4, 0.5) is 8.78 Å². The number of hydrogen-bond donors (Lipinski definition) is 1.